The molecule has 5 rings (SSSR count). The molecule has 1 aromatic carbocycles. The van der Waals surface area contributed by atoms with Crippen molar-refractivity contribution < 1.29 is 28.6 Å². The molecule has 0 spiro atoms. The number of nitrogens with two attached hydrogens (primary N) is 1. The van der Waals surface area contributed by atoms with E-state index in [2.05, 4.69) is 5.32 Å². The maximum atomic E-state index is 12.6. The summed E-state index contributed by atoms with van der Waals surface area (Å²) in [4.78, 5) is 38.7. The third kappa shape index (κ3) is 2.45. The van der Waals surface area contributed by atoms with Gasteiger partial charge in [-0.3, -0.25) is 19.3 Å². The summed E-state index contributed by atoms with van der Waals surface area (Å²) >= 11 is 0. The number of anilines is 2. The molecule has 4 aliphatic rings. The van der Waals surface area contributed by atoms with E-state index in [1.54, 1.807) is 12.1 Å². The Kier molecular flexibility index (Phi) is 3.55. The van der Waals surface area contributed by atoms with Gasteiger partial charge in [0.25, 0.3) is 0 Å². The molecule has 2 bridgehead atoms. The quantitative estimate of drug-likeness (QED) is 0.582. The summed E-state index contributed by atoms with van der Waals surface area (Å²) in [6, 6.07) is 3.18. The summed E-state index contributed by atoms with van der Waals surface area (Å²) in [5.41, 5.74) is 6.68. The second-order valence-corrected chi connectivity index (χ2v) is 7.26. The third-order valence-electron chi connectivity index (χ3n) is 5.76. The lowest BCUT2D eigenvalue weighted by Crippen LogP contribution is -2.36. The van der Waals surface area contributed by atoms with Crippen molar-refractivity contribution in [2.24, 2.45) is 11.8 Å². The topological polar surface area (TPSA) is 120 Å². The number of hydrogen-bond donors (Lipinski definition) is 2. The average molecular weight is 373 g/mol. The number of carbonyl (C=O) groups excluding carboxylic acids is 3. The SMILES string of the molecule is Nc1cc2c(cc1NC(=O)CCN1C(=O)C3C4CCC(O4)C3C1=O)OCO2. The number of nitrogens with zero attached hydrogens (tertiary/aromatic N) is 1. The van der Waals surface area contributed by atoms with Gasteiger partial charge < -0.3 is 25.3 Å². The van der Waals surface area contributed by atoms with Crippen LogP contribution in [0.25, 0.3) is 0 Å². The molecule has 3 saturated heterocycles. The van der Waals surface area contributed by atoms with Gasteiger partial charge in [-0.1, -0.05) is 0 Å². The molecular weight excluding hydrogens is 354 g/mol. The van der Waals surface area contributed by atoms with Crippen molar-refractivity contribution in [1.82, 2.24) is 4.90 Å². The number of nitrogen functional groups attached to an aromatic ring is 1. The van der Waals surface area contributed by atoms with Crippen LogP contribution in [0.2, 0.25) is 0 Å². The van der Waals surface area contributed by atoms with Crippen molar-refractivity contribution in [3.05, 3.63) is 12.1 Å². The van der Waals surface area contributed by atoms with Crippen LogP contribution in [0, 0.1) is 11.8 Å². The molecule has 4 heterocycles. The number of hydrogen-bond acceptors (Lipinski definition) is 7. The van der Waals surface area contributed by atoms with Gasteiger partial charge in [0.1, 0.15) is 0 Å². The molecule has 0 aliphatic carbocycles. The molecule has 142 valence electrons. The van der Waals surface area contributed by atoms with Crippen LogP contribution in [0.5, 0.6) is 11.5 Å². The molecule has 1 aromatic rings. The molecule has 0 saturated carbocycles. The third-order valence-corrected chi connectivity index (χ3v) is 5.76. The molecule has 4 atom stereocenters. The fraction of sp³-hybridized carbons (Fsp3) is 0.500. The standard InChI is InChI=1S/C18H19N3O6/c19-8-5-12-13(26-7-25-12)6-9(8)20-14(22)3-4-21-17(23)15-10-1-2-11(27-10)16(15)18(21)24/h5-6,10-11,15-16H,1-4,7,19H2,(H,20,22). The average Bonchev–Trinajstić information content (AvgIpc) is 3.39. The number of imide groups is 1. The van der Waals surface area contributed by atoms with Crippen LogP contribution < -0.4 is 20.5 Å². The normalized spacial score (nSPS) is 30.1. The number of benzene rings is 1. The second kappa shape index (κ2) is 5.85. The maximum absolute atomic E-state index is 12.6. The van der Waals surface area contributed by atoms with Gasteiger partial charge >= 0.3 is 0 Å². The molecule has 3 fully saturated rings. The number of amides is 3. The van der Waals surface area contributed by atoms with Crippen LogP contribution >= 0.6 is 0 Å². The van der Waals surface area contributed by atoms with Crippen molar-refractivity contribution in [3.8, 4) is 11.5 Å². The van der Waals surface area contributed by atoms with E-state index in [1.807, 2.05) is 0 Å². The highest BCUT2D eigenvalue weighted by atomic mass is 16.7. The minimum atomic E-state index is -0.371. The predicted octanol–water partition coefficient (Wildman–Crippen LogP) is 0.488. The summed E-state index contributed by atoms with van der Waals surface area (Å²) in [6.45, 7) is 0.166. The highest BCUT2D eigenvalue weighted by Crippen LogP contribution is 2.48. The van der Waals surface area contributed by atoms with Crippen molar-refractivity contribution in [1.29, 1.82) is 0 Å². The van der Waals surface area contributed by atoms with E-state index in [1.165, 1.54) is 4.90 Å². The van der Waals surface area contributed by atoms with Gasteiger partial charge in [0.05, 0.1) is 35.4 Å². The first-order valence-electron chi connectivity index (χ1n) is 9.02. The number of carbonyl (C=O) groups is 3. The first kappa shape index (κ1) is 16.4. The number of nitrogens with one attached hydrogen (secondary N) is 1. The molecule has 0 aromatic heterocycles. The van der Waals surface area contributed by atoms with Crippen LogP contribution in [-0.4, -0.2) is 48.2 Å². The van der Waals surface area contributed by atoms with E-state index in [-0.39, 0.29) is 61.5 Å². The Morgan fingerprint density at radius 3 is 2.41 bits per heavy atom. The van der Waals surface area contributed by atoms with Gasteiger partial charge in [-0.05, 0) is 12.8 Å². The lowest BCUT2D eigenvalue weighted by atomic mass is 9.81. The summed E-state index contributed by atoms with van der Waals surface area (Å²) < 4.78 is 16.2. The van der Waals surface area contributed by atoms with Crippen LogP contribution in [0.4, 0.5) is 11.4 Å². The lowest BCUT2D eigenvalue weighted by molar-refractivity contribution is -0.142. The van der Waals surface area contributed by atoms with Crippen molar-refractivity contribution in [3.63, 3.8) is 0 Å². The molecule has 3 amide bonds. The van der Waals surface area contributed by atoms with Gasteiger partial charge in [-0.2, -0.15) is 0 Å². The Balaban J connectivity index is 1.23. The van der Waals surface area contributed by atoms with Gasteiger partial charge in [0.2, 0.25) is 24.5 Å². The smallest absolute Gasteiger partial charge is 0.235 e. The zero-order chi connectivity index (χ0) is 18.7. The predicted molar refractivity (Wildman–Crippen MR) is 91.8 cm³/mol. The number of fused-ring (bicyclic) bond motifs is 6. The van der Waals surface area contributed by atoms with Gasteiger partial charge in [-0.15, -0.1) is 0 Å². The molecule has 4 unspecified atom stereocenters. The molecule has 9 heteroatoms. The maximum Gasteiger partial charge on any atom is 0.235 e. The zero-order valence-corrected chi connectivity index (χ0v) is 14.5. The van der Waals surface area contributed by atoms with E-state index in [9.17, 15) is 14.4 Å². The van der Waals surface area contributed by atoms with E-state index < -0.39 is 0 Å². The summed E-state index contributed by atoms with van der Waals surface area (Å²) in [5, 5.41) is 2.70. The highest BCUT2D eigenvalue weighted by Gasteiger charge is 2.62. The molecule has 3 N–H and O–H groups in total. The van der Waals surface area contributed by atoms with Crippen LogP contribution in [0.15, 0.2) is 12.1 Å². The summed E-state index contributed by atoms with van der Waals surface area (Å²) in [5.74, 6) is -0.472. The minimum Gasteiger partial charge on any atom is -0.454 e. The monoisotopic (exact) mass is 373 g/mol. The van der Waals surface area contributed by atoms with Crippen LogP contribution in [0.3, 0.4) is 0 Å². The lowest BCUT2D eigenvalue weighted by Gasteiger charge is -2.17. The van der Waals surface area contributed by atoms with Gasteiger partial charge in [0, 0.05) is 25.1 Å². The van der Waals surface area contributed by atoms with E-state index >= 15 is 0 Å². The van der Waals surface area contributed by atoms with E-state index in [0.717, 1.165) is 12.8 Å². The first-order chi connectivity index (χ1) is 13.0. The second-order valence-electron chi connectivity index (χ2n) is 7.26. The fourth-order valence-corrected chi connectivity index (χ4v) is 4.49. The van der Waals surface area contributed by atoms with Crippen molar-refractivity contribution in [2.75, 3.05) is 24.4 Å². The van der Waals surface area contributed by atoms with Crippen LogP contribution in [0.1, 0.15) is 19.3 Å². The van der Waals surface area contributed by atoms with Crippen molar-refractivity contribution in [2.45, 2.75) is 31.5 Å². The molecular formula is C18H19N3O6. The molecule has 27 heavy (non-hydrogen) atoms. The number of likely N-dealkylation sites (tertiary alicyclic amines) is 1. The molecule has 0 radical (unpaired) electrons. The molecule has 4 aliphatic heterocycles. The minimum absolute atomic E-state index is 0.000985. The first-order valence-corrected chi connectivity index (χ1v) is 9.02. The number of ether oxygens (including phenoxy) is 3. The van der Waals surface area contributed by atoms with Crippen molar-refractivity contribution >= 4 is 29.1 Å². The zero-order valence-electron chi connectivity index (χ0n) is 14.5. The number of rotatable bonds is 4. The Bertz CT molecular complexity index is 828. The molecule has 9 nitrogen and oxygen atoms in total. The largest absolute Gasteiger partial charge is 0.454 e. The van der Waals surface area contributed by atoms with Gasteiger partial charge in [-0.25, -0.2) is 0 Å². The fourth-order valence-electron chi connectivity index (χ4n) is 4.49. The summed E-state index contributed by atoms with van der Waals surface area (Å²) in [6.07, 6.45) is 1.35. The Morgan fingerprint density at radius 2 is 1.74 bits per heavy atom. The Hall–Kier alpha value is -2.81. The Labute approximate surface area is 154 Å². The summed E-state index contributed by atoms with van der Waals surface area (Å²) in [7, 11) is 0. The van der Waals surface area contributed by atoms with E-state index in [0.29, 0.717) is 22.9 Å². The van der Waals surface area contributed by atoms with E-state index in [4.69, 9.17) is 19.9 Å². The van der Waals surface area contributed by atoms with Gasteiger partial charge in [0.15, 0.2) is 11.5 Å². The Morgan fingerprint density at radius 1 is 1.11 bits per heavy atom. The highest BCUT2D eigenvalue weighted by molar-refractivity contribution is 6.06. The van der Waals surface area contributed by atoms with Crippen LogP contribution in [-0.2, 0) is 19.1 Å².